The average Bonchev–Trinajstić information content (AvgIpc) is 1.72. The summed E-state index contributed by atoms with van der Waals surface area (Å²) in [7, 11) is 0. The zero-order chi connectivity index (χ0) is 64.3. The highest BCUT2D eigenvalue weighted by molar-refractivity contribution is 6.01. The molecule has 12 nitrogen and oxygen atoms in total. The van der Waals surface area contributed by atoms with Crippen molar-refractivity contribution < 1.29 is 19.8 Å². The van der Waals surface area contributed by atoms with Gasteiger partial charge in [-0.3, -0.25) is 0 Å². The van der Waals surface area contributed by atoms with Gasteiger partial charge in [0.2, 0.25) is 0 Å². The zero-order valence-electron chi connectivity index (χ0n) is 55.2. The maximum atomic E-state index is 10.5. The van der Waals surface area contributed by atoms with Crippen LogP contribution in [0.4, 0.5) is 0 Å². The Morgan fingerprint density at radius 3 is 1.01 bits per heavy atom. The van der Waals surface area contributed by atoms with Gasteiger partial charge < -0.3 is 30.1 Å². The summed E-state index contributed by atoms with van der Waals surface area (Å²) in [4.78, 5) is 55.4. The van der Waals surface area contributed by atoms with Crippen molar-refractivity contribution in [3.63, 3.8) is 0 Å². The number of benzene rings is 1. The summed E-state index contributed by atoms with van der Waals surface area (Å²) in [5, 5.41) is 17.1. The average molecular weight is 1240 g/mol. The van der Waals surface area contributed by atoms with E-state index in [9.17, 15) is 9.59 Å². The second-order valence-corrected chi connectivity index (χ2v) is 25.2. The Kier molecular flexibility index (Phi) is 26.4. The third kappa shape index (κ3) is 21.0. The number of hydrogen-bond acceptors (Lipinski definition) is 6. The number of nitrogens with zero attached hydrogens (tertiary/aromatic N) is 4. The minimum absolute atomic E-state index is 0.190. The van der Waals surface area contributed by atoms with E-state index in [-0.39, 0.29) is 11.1 Å². The quantitative estimate of drug-likeness (QED) is 0.0240. The van der Waals surface area contributed by atoms with Crippen molar-refractivity contribution in [3.8, 4) is 0 Å². The first-order valence-electron chi connectivity index (χ1n) is 34.8. The molecule has 0 amide bonds. The van der Waals surface area contributed by atoms with Crippen LogP contribution in [0.2, 0.25) is 0 Å². The molecule has 0 unspecified atom stereocenters. The maximum Gasteiger partial charge on any atom is 0.336 e. The van der Waals surface area contributed by atoms with Crippen molar-refractivity contribution in [2.24, 2.45) is 0 Å². The Morgan fingerprint density at radius 2 is 0.652 bits per heavy atom. The van der Waals surface area contributed by atoms with E-state index >= 15 is 0 Å². The first-order valence-corrected chi connectivity index (χ1v) is 34.8. The molecule has 0 saturated carbocycles. The van der Waals surface area contributed by atoms with Gasteiger partial charge in [-0.1, -0.05) is 168 Å². The second kappa shape index (κ2) is 35.8. The number of aromatic amines is 4. The number of aromatic nitrogens is 8. The highest BCUT2D eigenvalue weighted by atomic mass is 16.4. The molecule has 7 aromatic rings. The van der Waals surface area contributed by atoms with Crippen LogP contribution >= 0.6 is 0 Å². The minimum atomic E-state index is -1.23. The first-order chi connectivity index (χ1) is 45.0. The summed E-state index contributed by atoms with van der Waals surface area (Å²) in [6.07, 6.45) is 48.6. The fraction of sp³-hybridized carbons (Fsp3) is 0.400. The molecule has 11 rings (SSSR count). The molecule has 1 aromatic carbocycles. The highest BCUT2D eigenvalue weighted by Crippen LogP contribution is 2.31. The molecule has 482 valence electrons. The van der Waals surface area contributed by atoms with E-state index in [0.717, 1.165) is 104 Å². The number of H-pyrrole nitrogens is 4. The number of aryl methyl sites for hydroxylation is 2. The van der Waals surface area contributed by atoms with E-state index in [1.54, 1.807) is 0 Å². The van der Waals surface area contributed by atoms with E-state index in [1.165, 1.54) is 212 Å². The lowest BCUT2D eigenvalue weighted by atomic mass is 10.0. The zero-order valence-corrected chi connectivity index (χ0v) is 55.2. The molecular formula is C80H98N8O4. The number of hydrogen-bond donors (Lipinski definition) is 6. The van der Waals surface area contributed by atoms with Gasteiger partial charge in [-0.05, 0) is 207 Å². The lowest BCUT2D eigenvalue weighted by molar-refractivity contribution is 0.0651. The first kappa shape index (κ1) is 67.7. The Bertz CT molecular complexity index is 3790. The fourth-order valence-electron chi connectivity index (χ4n) is 12.5. The van der Waals surface area contributed by atoms with E-state index in [4.69, 9.17) is 30.1 Å². The summed E-state index contributed by atoms with van der Waals surface area (Å²) in [5.41, 5.74) is 22.0. The number of allylic oxidation sites excluding steroid dienone is 2. The Morgan fingerprint density at radius 1 is 0.326 bits per heavy atom. The van der Waals surface area contributed by atoms with Crippen LogP contribution in [-0.2, 0) is 12.8 Å². The van der Waals surface area contributed by atoms with Gasteiger partial charge in [0.25, 0.3) is 0 Å². The molecule has 6 N–H and O–H groups in total. The van der Waals surface area contributed by atoms with Crippen LogP contribution < -0.4 is 0 Å². The molecule has 0 atom stereocenters. The summed E-state index contributed by atoms with van der Waals surface area (Å²) in [5.74, 6) is -2.46. The van der Waals surface area contributed by atoms with Gasteiger partial charge in [0.15, 0.2) is 0 Å². The number of nitrogens with one attached hydrogen (secondary N) is 4. The highest BCUT2D eigenvalue weighted by Gasteiger charge is 2.16. The number of fused-ring (bicyclic) bond motifs is 16. The molecule has 10 heterocycles. The SMILES string of the molecule is CCCCCCCCC1=Cc2cc3nc(cc4[nH]c(cc4CCCCCCCC)cc4ccc(cc1n2)[nH]4)C=C3.CCCCCCCCC1=Cc2cc3nc(cc4[nH]c(cc4CCCCCCCC)cc4ccc(cc1n2)[nH]4)C=C3.O=C(O)c1ccccc1C(=O)O. The number of rotatable bonds is 30. The van der Waals surface area contributed by atoms with Crippen LogP contribution in [0.15, 0.2) is 109 Å². The summed E-state index contributed by atoms with van der Waals surface area (Å²) in [6.45, 7) is 9.10. The van der Waals surface area contributed by atoms with Gasteiger partial charge in [0.05, 0.1) is 56.7 Å². The van der Waals surface area contributed by atoms with Crippen molar-refractivity contribution in [2.75, 3.05) is 0 Å². The molecule has 4 aliphatic heterocycles. The van der Waals surface area contributed by atoms with Gasteiger partial charge in [0.1, 0.15) is 0 Å². The van der Waals surface area contributed by atoms with Crippen molar-refractivity contribution >= 4 is 104 Å². The normalized spacial score (nSPS) is 12.3. The number of carboxylic acid groups (broad SMARTS) is 2. The van der Waals surface area contributed by atoms with Gasteiger partial charge in [-0.15, -0.1) is 0 Å². The van der Waals surface area contributed by atoms with Crippen molar-refractivity contribution in [1.82, 2.24) is 39.9 Å². The van der Waals surface area contributed by atoms with E-state index in [2.05, 4.69) is 169 Å². The molecule has 6 aromatic heterocycles. The molecule has 0 saturated heterocycles. The molecule has 0 aliphatic carbocycles. The van der Waals surface area contributed by atoms with Crippen molar-refractivity contribution in [1.29, 1.82) is 0 Å². The maximum absolute atomic E-state index is 10.5. The molecule has 12 heteroatoms. The van der Waals surface area contributed by atoms with Crippen molar-refractivity contribution in [3.05, 3.63) is 177 Å². The van der Waals surface area contributed by atoms with E-state index in [1.807, 2.05) is 0 Å². The van der Waals surface area contributed by atoms with Gasteiger partial charge in [-0.2, -0.15) is 0 Å². The summed E-state index contributed by atoms with van der Waals surface area (Å²) >= 11 is 0. The number of carbonyl (C=O) groups is 2. The minimum Gasteiger partial charge on any atom is -0.478 e. The van der Waals surface area contributed by atoms with Crippen LogP contribution in [0.3, 0.4) is 0 Å². The number of aromatic carboxylic acids is 2. The van der Waals surface area contributed by atoms with Crippen LogP contribution in [-0.4, -0.2) is 62.0 Å². The fourth-order valence-corrected chi connectivity index (χ4v) is 12.5. The second-order valence-electron chi connectivity index (χ2n) is 25.2. The predicted octanol–water partition coefficient (Wildman–Crippen LogP) is 22.4. The third-order valence-electron chi connectivity index (χ3n) is 17.5. The Hall–Kier alpha value is -8.64. The molecule has 0 spiro atoms. The summed E-state index contributed by atoms with van der Waals surface area (Å²) in [6, 6.07) is 36.2. The van der Waals surface area contributed by atoms with Crippen LogP contribution in [0, 0.1) is 0 Å². The topological polar surface area (TPSA) is 189 Å². The van der Waals surface area contributed by atoms with Crippen LogP contribution in [0.1, 0.15) is 272 Å². The van der Waals surface area contributed by atoms with Gasteiger partial charge >= 0.3 is 11.9 Å². The Balaban J connectivity index is 0.000000184. The molecular weight excluding hydrogens is 1140 g/mol. The Labute approximate surface area is 545 Å². The number of carboxylic acids is 2. The van der Waals surface area contributed by atoms with Crippen molar-refractivity contribution in [2.45, 2.75) is 207 Å². The van der Waals surface area contributed by atoms with E-state index in [0.29, 0.717) is 0 Å². The van der Waals surface area contributed by atoms with Gasteiger partial charge in [0, 0.05) is 44.1 Å². The predicted molar refractivity (Wildman–Crippen MR) is 386 cm³/mol. The lowest BCUT2D eigenvalue weighted by Crippen LogP contribution is -2.06. The molecule has 4 aliphatic rings. The van der Waals surface area contributed by atoms with Gasteiger partial charge in [-0.25, -0.2) is 29.5 Å². The molecule has 16 bridgehead atoms. The van der Waals surface area contributed by atoms with Crippen LogP contribution in [0.25, 0.3) is 91.7 Å². The van der Waals surface area contributed by atoms with E-state index < -0.39 is 11.9 Å². The molecule has 92 heavy (non-hydrogen) atoms. The third-order valence-corrected chi connectivity index (χ3v) is 17.5. The molecule has 0 radical (unpaired) electrons. The molecule has 0 fully saturated rings. The summed E-state index contributed by atoms with van der Waals surface area (Å²) < 4.78 is 0. The van der Waals surface area contributed by atoms with Crippen LogP contribution in [0.5, 0.6) is 0 Å². The lowest BCUT2D eigenvalue weighted by Gasteiger charge is -2.02. The largest absolute Gasteiger partial charge is 0.478 e. The standard InChI is InChI=1S/2C36H46N4.C8H6O4/c2*1-3-5-7-9-11-13-15-27-21-33-23-29-18-20-32(38-29)26-36-28(16-14-12-10-8-6-4-2)22-34(40-36)24-30-17-19-31(37-30)25-35(27)39-33;9-7(10)5-3-1-2-4-6(5)8(11)12/h2*17-26,37,40H,3-16H2,1-2H3;1-4H,(H,9,10)(H,11,12). The number of unbranched alkanes of at least 4 members (excludes halogenated alkanes) is 20. The smallest absolute Gasteiger partial charge is 0.336 e. The monoisotopic (exact) mass is 1230 g/mol.